The van der Waals surface area contributed by atoms with Gasteiger partial charge in [-0.05, 0) is 29.8 Å². The van der Waals surface area contributed by atoms with Crippen molar-refractivity contribution >= 4 is 40.9 Å². The van der Waals surface area contributed by atoms with Crippen molar-refractivity contribution in [1.82, 2.24) is 4.90 Å². The van der Waals surface area contributed by atoms with Crippen molar-refractivity contribution in [2.75, 3.05) is 17.2 Å². The molecule has 2 aliphatic heterocycles. The predicted octanol–water partition coefficient (Wildman–Crippen LogP) is 4.93. The zero-order chi connectivity index (χ0) is 20.7. The number of benzene rings is 3. The Morgan fingerprint density at radius 3 is 2.57 bits per heavy atom. The van der Waals surface area contributed by atoms with Crippen molar-refractivity contribution in [1.29, 1.82) is 0 Å². The van der Waals surface area contributed by atoms with Crippen LogP contribution in [-0.4, -0.2) is 29.0 Å². The van der Waals surface area contributed by atoms with Gasteiger partial charge < -0.3 is 9.80 Å². The van der Waals surface area contributed by atoms with E-state index in [4.69, 9.17) is 11.6 Å². The first kappa shape index (κ1) is 19.2. The van der Waals surface area contributed by atoms with Crippen LogP contribution in [0.3, 0.4) is 0 Å². The van der Waals surface area contributed by atoms with Crippen molar-refractivity contribution < 1.29 is 9.59 Å². The van der Waals surface area contributed by atoms with E-state index < -0.39 is 4.87 Å². The molecule has 0 saturated carbocycles. The fourth-order valence-corrected chi connectivity index (χ4v) is 5.92. The number of nitrogens with zero attached hydrogens (tertiary/aromatic N) is 2. The molecule has 2 amide bonds. The number of para-hydroxylation sites is 1. The average Bonchev–Trinajstić information content (AvgIpc) is 3.31. The highest BCUT2D eigenvalue weighted by molar-refractivity contribution is 8.01. The molecule has 6 heteroatoms. The number of carbonyl (C=O) groups excluding carboxylic acids is 2. The van der Waals surface area contributed by atoms with Gasteiger partial charge in [0.1, 0.15) is 0 Å². The van der Waals surface area contributed by atoms with E-state index in [-0.39, 0.29) is 11.8 Å². The Bertz CT molecular complexity index is 1140. The van der Waals surface area contributed by atoms with Crippen LogP contribution in [0.2, 0.25) is 5.02 Å². The van der Waals surface area contributed by atoms with Crippen LogP contribution in [-0.2, 0) is 16.2 Å². The van der Waals surface area contributed by atoms with Crippen molar-refractivity contribution in [3.05, 3.63) is 101 Å². The molecule has 3 aromatic rings. The van der Waals surface area contributed by atoms with Crippen molar-refractivity contribution in [3.8, 4) is 0 Å². The number of rotatable bonds is 3. The third kappa shape index (κ3) is 2.92. The van der Waals surface area contributed by atoms with E-state index in [1.54, 1.807) is 34.1 Å². The number of hydrogen-bond acceptors (Lipinski definition) is 3. The molecule has 2 heterocycles. The Morgan fingerprint density at radius 1 is 1.00 bits per heavy atom. The van der Waals surface area contributed by atoms with E-state index >= 15 is 0 Å². The minimum Gasteiger partial charge on any atom is -0.311 e. The predicted molar refractivity (Wildman–Crippen MR) is 121 cm³/mol. The minimum atomic E-state index is -1.04. The number of fused-ring (bicyclic) bond motifs is 2. The molecule has 0 aliphatic carbocycles. The summed E-state index contributed by atoms with van der Waals surface area (Å²) in [4.78, 5) is 29.8. The van der Waals surface area contributed by atoms with Gasteiger partial charge in [0, 0.05) is 28.4 Å². The molecule has 1 fully saturated rings. The third-order valence-electron chi connectivity index (χ3n) is 5.60. The van der Waals surface area contributed by atoms with E-state index in [9.17, 15) is 9.59 Å². The molecule has 0 aromatic heterocycles. The molecule has 150 valence electrons. The molecule has 4 nitrogen and oxygen atoms in total. The van der Waals surface area contributed by atoms with Gasteiger partial charge in [-0.2, -0.15) is 0 Å². The van der Waals surface area contributed by atoms with Gasteiger partial charge in [-0.1, -0.05) is 66.2 Å². The zero-order valence-corrected chi connectivity index (χ0v) is 17.7. The number of thioether (sulfide) groups is 1. The number of hydrogen-bond donors (Lipinski definition) is 0. The molecule has 0 bridgehead atoms. The lowest BCUT2D eigenvalue weighted by Gasteiger charge is -2.33. The highest BCUT2D eigenvalue weighted by atomic mass is 35.5. The SMILES string of the molecule is O=C(c1cccc(Cl)c1)N1CCS[C@@]12C(=O)N(Cc1ccccc1)c1ccccc12. The molecule has 1 saturated heterocycles. The van der Waals surface area contributed by atoms with Gasteiger partial charge in [-0.15, -0.1) is 11.8 Å². The van der Waals surface area contributed by atoms with Crippen LogP contribution in [0.25, 0.3) is 0 Å². The third-order valence-corrected chi connectivity index (χ3v) is 7.26. The van der Waals surface area contributed by atoms with Crippen LogP contribution in [0, 0.1) is 0 Å². The molecule has 5 rings (SSSR count). The molecule has 2 aliphatic rings. The van der Waals surface area contributed by atoms with Gasteiger partial charge in [-0.3, -0.25) is 9.59 Å². The minimum absolute atomic E-state index is 0.0644. The Hall–Kier alpha value is -2.76. The number of halogens is 1. The monoisotopic (exact) mass is 434 g/mol. The van der Waals surface area contributed by atoms with Crippen molar-refractivity contribution in [2.24, 2.45) is 0 Å². The Kier molecular flexibility index (Phi) is 4.80. The topological polar surface area (TPSA) is 40.6 Å². The summed E-state index contributed by atoms with van der Waals surface area (Å²) in [5.74, 6) is 0.462. The van der Waals surface area contributed by atoms with Gasteiger partial charge in [0.15, 0.2) is 4.87 Å². The van der Waals surface area contributed by atoms with Gasteiger partial charge in [0.2, 0.25) is 0 Å². The quantitative estimate of drug-likeness (QED) is 0.587. The van der Waals surface area contributed by atoms with Crippen LogP contribution in [0.4, 0.5) is 5.69 Å². The molecule has 3 aromatic carbocycles. The summed E-state index contributed by atoms with van der Waals surface area (Å²) in [6, 6.07) is 24.6. The molecule has 0 N–H and O–H groups in total. The van der Waals surface area contributed by atoms with Crippen LogP contribution in [0.15, 0.2) is 78.9 Å². The lowest BCUT2D eigenvalue weighted by molar-refractivity contribution is -0.123. The normalized spacial score (nSPS) is 20.1. The van der Waals surface area contributed by atoms with Crippen molar-refractivity contribution in [2.45, 2.75) is 11.4 Å². The van der Waals surface area contributed by atoms with Crippen LogP contribution in [0.1, 0.15) is 21.5 Å². The maximum Gasteiger partial charge on any atom is 0.268 e. The smallest absolute Gasteiger partial charge is 0.268 e. The van der Waals surface area contributed by atoms with E-state index in [1.165, 1.54) is 11.8 Å². The second-order valence-electron chi connectivity index (χ2n) is 7.35. The molecule has 0 radical (unpaired) electrons. The van der Waals surface area contributed by atoms with E-state index in [1.807, 2.05) is 54.6 Å². The average molecular weight is 435 g/mol. The highest BCUT2D eigenvalue weighted by Gasteiger charge is 2.59. The summed E-state index contributed by atoms with van der Waals surface area (Å²) >= 11 is 7.65. The van der Waals surface area contributed by atoms with Gasteiger partial charge in [0.05, 0.1) is 12.2 Å². The highest BCUT2D eigenvalue weighted by Crippen LogP contribution is 2.54. The summed E-state index contributed by atoms with van der Waals surface area (Å²) < 4.78 is 0. The van der Waals surface area contributed by atoms with Crippen LogP contribution < -0.4 is 4.90 Å². The van der Waals surface area contributed by atoms with Crippen molar-refractivity contribution in [3.63, 3.8) is 0 Å². The fourth-order valence-electron chi connectivity index (χ4n) is 4.27. The standard InChI is InChI=1S/C24H19ClN2O2S/c25-19-10-6-9-18(15-19)22(28)27-13-14-30-24(27)20-11-4-5-12-21(20)26(23(24)29)16-17-7-2-1-3-8-17/h1-12,15H,13-14,16H2/t24-/m0/s1. The largest absolute Gasteiger partial charge is 0.311 e. The van der Waals surface area contributed by atoms with Gasteiger partial charge >= 0.3 is 0 Å². The molecule has 1 spiro atoms. The molecular formula is C24H19ClN2O2S. The lowest BCUT2D eigenvalue weighted by atomic mass is 10.0. The Morgan fingerprint density at radius 2 is 1.77 bits per heavy atom. The first-order valence-electron chi connectivity index (χ1n) is 9.78. The van der Waals surface area contributed by atoms with E-state index in [0.717, 1.165) is 16.8 Å². The maximum absolute atomic E-state index is 13.9. The fraction of sp³-hybridized carbons (Fsp3) is 0.167. The zero-order valence-electron chi connectivity index (χ0n) is 16.1. The molecule has 0 unspecified atom stereocenters. The maximum atomic E-state index is 13.9. The summed E-state index contributed by atoms with van der Waals surface area (Å²) in [7, 11) is 0. The Labute approximate surface area is 184 Å². The Balaban J connectivity index is 1.58. The second kappa shape index (κ2) is 7.49. The molecular weight excluding hydrogens is 416 g/mol. The molecule has 1 atom stereocenters. The summed E-state index contributed by atoms with van der Waals surface area (Å²) in [5.41, 5.74) is 3.29. The van der Waals surface area contributed by atoms with Gasteiger partial charge in [0.25, 0.3) is 11.8 Å². The lowest BCUT2D eigenvalue weighted by Crippen LogP contribution is -2.50. The van der Waals surface area contributed by atoms with E-state index in [2.05, 4.69) is 0 Å². The second-order valence-corrected chi connectivity index (χ2v) is 9.08. The number of amides is 2. The molecule has 30 heavy (non-hydrogen) atoms. The summed E-state index contributed by atoms with van der Waals surface area (Å²) in [6.45, 7) is 0.980. The summed E-state index contributed by atoms with van der Waals surface area (Å²) in [6.07, 6.45) is 0. The first-order valence-corrected chi connectivity index (χ1v) is 11.1. The summed E-state index contributed by atoms with van der Waals surface area (Å²) in [5, 5.41) is 0.505. The number of carbonyl (C=O) groups is 2. The van der Waals surface area contributed by atoms with Crippen LogP contribution in [0.5, 0.6) is 0 Å². The van der Waals surface area contributed by atoms with Gasteiger partial charge in [-0.25, -0.2) is 0 Å². The van der Waals surface area contributed by atoms with E-state index in [0.29, 0.717) is 29.4 Å². The number of anilines is 1. The first-order chi connectivity index (χ1) is 14.6. The van der Waals surface area contributed by atoms with Crippen LogP contribution >= 0.6 is 23.4 Å².